The molecule has 0 saturated carbocycles. The Morgan fingerprint density at radius 3 is 2.64 bits per heavy atom. The molecule has 0 saturated heterocycles. The van der Waals surface area contributed by atoms with Crippen LogP contribution in [-0.2, 0) is 6.54 Å². The lowest BCUT2D eigenvalue weighted by Gasteiger charge is -2.28. The molecule has 3 rings (SSSR count). The number of hydrogen-bond donors (Lipinski definition) is 0. The minimum atomic E-state index is 0.0325. The van der Waals surface area contributed by atoms with Crippen LogP contribution in [0.15, 0.2) is 66.6 Å². The average Bonchev–Trinajstić information content (AvgIpc) is 2.61. The van der Waals surface area contributed by atoms with E-state index in [4.69, 9.17) is 0 Å². The number of benzene rings is 1. The first-order chi connectivity index (χ1) is 10.8. The molecule has 1 aliphatic rings. The molecule has 1 heterocycles. The molecule has 0 spiro atoms. The normalized spacial score (nSPS) is 14.3. The molecule has 22 heavy (non-hydrogen) atoms. The van der Waals surface area contributed by atoms with Crippen molar-refractivity contribution in [3.05, 3.63) is 77.8 Å². The van der Waals surface area contributed by atoms with E-state index < -0.39 is 0 Å². The zero-order valence-electron chi connectivity index (χ0n) is 12.6. The smallest absolute Gasteiger partial charge is 0.259 e. The second-order valence-corrected chi connectivity index (χ2v) is 5.56. The minimum Gasteiger partial charge on any atom is -0.308 e. The number of aromatic nitrogens is 1. The summed E-state index contributed by atoms with van der Waals surface area (Å²) < 4.78 is 0. The number of carbonyl (C=O) groups excluding carboxylic acids is 1. The van der Waals surface area contributed by atoms with Crippen LogP contribution in [0.25, 0.3) is 0 Å². The predicted octanol–water partition coefficient (Wildman–Crippen LogP) is 4.18. The molecule has 2 aromatic rings. The topological polar surface area (TPSA) is 33.2 Å². The van der Waals surface area contributed by atoms with Crippen LogP contribution in [0, 0.1) is 0 Å². The number of carbonyl (C=O) groups is 1. The molecule has 3 heteroatoms. The zero-order chi connectivity index (χ0) is 15.2. The van der Waals surface area contributed by atoms with Gasteiger partial charge in [0, 0.05) is 18.1 Å². The summed E-state index contributed by atoms with van der Waals surface area (Å²) in [5.74, 6) is 0.0325. The van der Waals surface area contributed by atoms with Crippen molar-refractivity contribution in [3.8, 4) is 0 Å². The standard InChI is InChI=1S/C19H20N2O/c22-19(17-10-7-13-20-14-17)21(18-11-5-2-6-12-18)15-16-8-3-1-4-9-16/h1,3-4,7-11,13-14H,2,5-6,12,15H2. The van der Waals surface area contributed by atoms with E-state index in [9.17, 15) is 4.79 Å². The highest BCUT2D eigenvalue weighted by Gasteiger charge is 2.21. The summed E-state index contributed by atoms with van der Waals surface area (Å²) in [6, 6.07) is 13.8. The van der Waals surface area contributed by atoms with Gasteiger partial charge >= 0.3 is 0 Å². The van der Waals surface area contributed by atoms with Crippen LogP contribution in [0.5, 0.6) is 0 Å². The quantitative estimate of drug-likeness (QED) is 0.847. The Hall–Kier alpha value is -2.42. The third-order valence-corrected chi connectivity index (χ3v) is 3.95. The van der Waals surface area contributed by atoms with Crippen LogP contribution in [0.3, 0.4) is 0 Å². The van der Waals surface area contributed by atoms with Crippen molar-refractivity contribution >= 4 is 5.91 Å². The van der Waals surface area contributed by atoms with E-state index in [-0.39, 0.29) is 5.91 Å². The van der Waals surface area contributed by atoms with Crippen molar-refractivity contribution in [3.63, 3.8) is 0 Å². The van der Waals surface area contributed by atoms with Gasteiger partial charge in [-0.1, -0.05) is 36.4 Å². The van der Waals surface area contributed by atoms with Gasteiger partial charge in [-0.3, -0.25) is 9.78 Å². The predicted molar refractivity (Wildman–Crippen MR) is 87.1 cm³/mol. The summed E-state index contributed by atoms with van der Waals surface area (Å²) in [6.07, 6.45) is 9.93. The lowest BCUT2D eigenvalue weighted by molar-refractivity contribution is 0.0787. The third-order valence-electron chi connectivity index (χ3n) is 3.95. The van der Waals surface area contributed by atoms with Crippen molar-refractivity contribution in [2.24, 2.45) is 0 Å². The van der Waals surface area contributed by atoms with Gasteiger partial charge in [-0.25, -0.2) is 0 Å². The van der Waals surface area contributed by atoms with E-state index in [1.54, 1.807) is 12.4 Å². The van der Waals surface area contributed by atoms with Crippen molar-refractivity contribution in [2.75, 3.05) is 0 Å². The molecule has 0 N–H and O–H groups in total. The number of allylic oxidation sites excluding steroid dienone is 2. The van der Waals surface area contributed by atoms with Gasteiger partial charge in [0.25, 0.3) is 5.91 Å². The van der Waals surface area contributed by atoms with Gasteiger partial charge in [0.05, 0.1) is 12.1 Å². The Kier molecular flexibility index (Phi) is 4.64. The van der Waals surface area contributed by atoms with Crippen LogP contribution >= 0.6 is 0 Å². The van der Waals surface area contributed by atoms with Crippen LogP contribution in [0.1, 0.15) is 41.6 Å². The number of rotatable bonds is 4. The van der Waals surface area contributed by atoms with E-state index in [1.807, 2.05) is 35.2 Å². The SMILES string of the molecule is O=C(c1cccnc1)N(Cc1ccccc1)C1=CCCCC1. The molecule has 3 nitrogen and oxygen atoms in total. The van der Waals surface area contributed by atoms with Gasteiger partial charge < -0.3 is 4.90 Å². The van der Waals surface area contributed by atoms with E-state index in [0.29, 0.717) is 12.1 Å². The lowest BCUT2D eigenvalue weighted by atomic mass is 10.0. The molecule has 0 unspecified atom stereocenters. The molecule has 0 bridgehead atoms. The summed E-state index contributed by atoms with van der Waals surface area (Å²) in [6.45, 7) is 0.612. The summed E-state index contributed by atoms with van der Waals surface area (Å²) in [4.78, 5) is 18.9. The fraction of sp³-hybridized carbons (Fsp3) is 0.263. The third kappa shape index (κ3) is 3.42. The van der Waals surface area contributed by atoms with Crippen LogP contribution in [-0.4, -0.2) is 15.8 Å². The Morgan fingerprint density at radius 2 is 1.95 bits per heavy atom. The molecule has 1 aliphatic carbocycles. The summed E-state index contributed by atoms with van der Waals surface area (Å²) in [5, 5.41) is 0. The summed E-state index contributed by atoms with van der Waals surface area (Å²) in [5.41, 5.74) is 2.93. The van der Waals surface area contributed by atoms with Crippen molar-refractivity contribution < 1.29 is 4.79 Å². The van der Waals surface area contributed by atoms with Crippen LogP contribution in [0.2, 0.25) is 0 Å². The van der Waals surface area contributed by atoms with Gasteiger partial charge in [0.1, 0.15) is 0 Å². The van der Waals surface area contributed by atoms with Crippen LogP contribution in [0.4, 0.5) is 0 Å². The van der Waals surface area contributed by atoms with Crippen LogP contribution < -0.4 is 0 Å². The van der Waals surface area contributed by atoms with E-state index in [1.165, 1.54) is 6.42 Å². The maximum atomic E-state index is 12.9. The van der Waals surface area contributed by atoms with Crippen molar-refractivity contribution in [1.82, 2.24) is 9.88 Å². The maximum absolute atomic E-state index is 12.9. The molecule has 0 atom stereocenters. The molecule has 1 amide bonds. The highest BCUT2D eigenvalue weighted by molar-refractivity contribution is 5.95. The molecule has 0 fully saturated rings. The first kappa shape index (κ1) is 14.5. The lowest BCUT2D eigenvalue weighted by Crippen LogP contribution is -2.30. The second-order valence-electron chi connectivity index (χ2n) is 5.56. The number of nitrogens with zero attached hydrogens (tertiary/aromatic N) is 2. The average molecular weight is 292 g/mol. The maximum Gasteiger partial charge on any atom is 0.259 e. The number of amides is 1. The van der Waals surface area contributed by atoms with Gasteiger partial charge in [-0.2, -0.15) is 0 Å². The molecular formula is C19H20N2O. The highest BCUT2D eigenvalue weighted by atomic mass is 16.2. The fourth-order valence-electron chi connectivity index (χ4n) is 2.78. The first-order valence-corrected chi connectivity index (χ1v) is 7.79. The van der Waals surface area contributed by atoms with E-state index in [2.05, 4.69) is 23.2 Å². The van der Waals surface area contributed by atoms with Gasteiger partial charge in [-0.05, 0) is 43.4 Å². The number of hydrogen-bond acceptors (Lipinski definition) is 2. The molecule has 0 aliphatic heterocycles. The van der Waals surface area contributed by atoms with E-state index in [0.717, 1.165) is 30.5 Å². The Labute approximate surface area is 131 Å². The van der Waals surface area contributed by atoms with Gasteiger partial charge in [-0.15, -0.1) is 0 Å². The molecular weight excluding hydrogens is 272 g/mol. The Balaban J connectivity index is 1.89. The molecule has 1 aromatic carbocycles. The summed E-state index contributed by atoms with van der Waals surface area (Å²) in [7, 11) is 0. The molecule has 112 valence electrons. The second kappa shape index (κ2) is 7.03. The van der Waals surface area contributed by atoms with Crippen molar-refractivity contribution in [2.45, 2.75) is 32.2 Å². The van der Waals surface area contributed by atoms with E-state index >= 15 is 0 Å². The minimum absolute atomic E-state index is 0.0325. The molecule has 0 radical (unpaired) electrons. The fourth-order valence-corrected chi connectivity index (χ4v) is 2.78. The highest BCUT2D eigenvalue weighted by Crippen LogP contribution is 2.24. The Bertz CT molecular complexity index is 650. The summed E-state index contributed by atoms with van der Waals surface area (Å²) >= 11 is 0. The van der Waals surface area contributed by atoms with Gasteiger partial charge in [0.2, 0.25) is 0 Å². The zero-order valence-corrected chi connectivity index (χ0v) is 12.6. The van der Waals surface area contributed by atoms with Gasteiger partial charge in [0.15, 0.2) is 0 Å². The van der Waals surface area contributed by atoms with Crippen molar-refractivity contribution in [1.29, 1.82) is 0 Å². The first-order valence-electron chi connectivity index (χ1n) is 7.79. The number of pyridine rings is 1. The largest absolute Gasteiger partial charge is 0.308 e. The monoisotopic (exact) mass is 292 g/mol. The Morgan fingerprint density at radius 1 is 1.09 bits per heavy atom. The molecule has 1 aromatic heterocycles.